The molecule has 2 N–H and O–H groups in total. The van der Waals surface area contributed by atoms with E-state index < -0.39 is 5.54 Å². The van der Waals surface area contributed by atoms with Gasteiger partial charge in [-0.1, -0.05) is 26.2 Å². The first-order valence-electron chi connectivity index (χ1n) is 7.44. The molecule has 1 fully saturated rings. The molecular weight excluding hydrogens is 258 g/mol. The lowest BCUT2D eigenvalue weighted by Crippen LogP contribution is -2.45. The van der Waals surface area contributed by atoms with Gasteiger partial charge in [-0.25, -0.2) is 0 Å². The minimum absolute atomic E-state index is 0.304. The van der Waals surface area contributed by atoms with Gasteiger partial charge in [0, 0.05) is 5.25 Å². The molecule has 3 unspecified atom stereocenters. The van der Waals surface area contributed by atoms with Gasteiger partial charge < -0.3 is 10.5 Å². The first kappa shape index (κ1) is 16.8. The third-order valence-corrected chi connectivity index (χ3v) is 5.41. The summed E-state index contributed by atoms with van der Waals surface area (Å²) in [7, 11) is 1.40. The van der Waals surface area contributed by atoms with Crippen molar-refractivity contribution in [2.24, 2.45) is 11.7 Å². The molecule has 0 amide bonds. The molecule has 3 atom stereocenters. The molecule has 1 rings (SSSR count). The normalized spacial score (nSPS) is 26.7. The Morgan fingerprint density at radius 2 is 2.16 bits per heavy atom. The zero-order valence-corrected chi connectivity index (χ0v) is 13.4. The molecule has 0 aromatic heterocycles. The Morgan fingerprint density at radius 3 is 2.79 bits per heavy atom. The van der Waals surface area contributed by atoms with Crippen molar-refractivity contribution in [1.82, 2.24) is 0 Å². The van der Waals surface area contributed by atoms with Crippen molar-refractivity contribution in [3.8, 4) is 0 Å². The van der Waals surface area contributed by atoms with Crippen LogP contribution in [0, 0.1) is 5.92 Å². The molecule has 19 heavy (non-hydrogen) atoms. The molecule has 1 aliphatic rings. The van der Waals surface area contributed by atoms with E-state index in [0.29, 0.717) is 6.42 Å². The third kappa shape index (κ3) is 6.17. The van der Waals surface area contributed by atoms with Crippen LogP contribution in [0.5, 0.6) is 0 Å². The topological polar surface area (TPSA) is 52.3 Å². The predicted molar refractivity (Wildman–Crippen MR) is 82.3 cm³/mol. The Hall–Kier alpha value is -0.220. The Kier molecular flexibility index (Phi) is 7.22. The first-order valence-corrected chi connectivity index (χ1v) is 8.49. The van der Waals surface area contributed by atoms with E-state index in [1.807, 2.05) is 0 Å². The second-order valence-corrected chi connectivity index (χ2v) is 7.54. The van der Waals surface area contributed by atoms with Gasteiger partial charge in [-0.2, -0.15) is 11.8 Å². The fourth-order valence-corrected chi connectivity index (χ4v) is 4.21. The maximum Gasteiger partial charge on any atom is 0.325 e. The second-order valence-electron chi connectivity index (χ2n) is 6.13. The number of hydrogen-bond donors (Lipinski definition) is 1. The number of rotatable bonds is 7. The maximum atomic E-state index is 11.4. The molecule has 0 aromatic carbocycles. The number of unbranched alkanes of at least 4 members (excludes halogenated alkanes) is 1. The van der Waals surface area contributed by atoms with E-state index in [1.54, 1.807) is 6.92 Å². The molecule has 0 aromatic rings. The minimum Gasteiger partial charge on any atom is -0.468 e. The summed E-state index contributed by atoms with van der Waals surface area (Å²) >= 11 is 2.11. The van der Waals surface area contributed by atoms with Crippen molar-refractivity contribution in [1.29, 1.82) is 0 Å². The summed E-state index contributed by atoms with van der Waals surface area (Å²) in [6.07, 6.45) is 8.40. The summed E-state index contributed by atoms with van der Waals surface area (Å²) in [4.78, 5) is 11.4. The van der Waals surface area contributed by atoms with Crippen LogP contribution in [0.2, 0.25) is 0 Å². The molecule has 0 saturated heterocycles. The van der Waals surface area contributed by atoms with E-state index in [9.17, 15) is 4.79 Å². The molecule has 0 spiro atoms. The van der Waals surface area contributed by atoms with Crippen LogP contribution in [-0.4, -0.2) is 29.6 Å². The average Bonchev–Trinajstić information content (AvgIpc) is 2.37. The average molecular weight is 287 g/mol. The number of carbonyl (C=O) groups is 1. The van der Waals surface area contributed by atoms with Gasteiger partial charge in [0.2, 0.25) is 0 Å². The highest BCUT2D eigenvalue weighted by Crippen LogP contribution is 2.32. The lowest BCUT2D eigenvalue weighted by atomic mass is 9.91. The SMILES string of the molecule is COC(=O)C(C)(N)CCCCSC1CCCC(C)C1. The molecule has 112 valence electrons. The number of hydrogen-bond acceptors (Lipinski definition) is 4. The van der Waals surface area contributed by atoms with E-state index in [-0.39, 0.29) is 5.97 Å². The maximum absolute atomic E-state index is 11.4. The van der Waals surface area contributed by atoms with Gasteiger partial charge in [0.1, 0.15) is 5.54 Å². The van der Waals surface area contributed by atoms with Crippen molar-refractivity contribution < 1.29 is 9.53 Å². The van der Waals surface area contributed by atoms with Gasteiger partial charge in [-0.05, 0) is 44.3 Å². The van der Waals surface area contributed by atoms with Gasteiger partial charge in [0.05, 0.1) is 7.11 Å². The van der Waals surface area contributed by atoms with Crippen molar-refractivity contribution in [3.63, 3.8) is 0 Å². The summed E-state index contributed by atoms with van der Waals surface area (Å²) in [6.45, 7) is 4.12. The van der Waals surface area contributed by atoms with Gasteiger partial charge in [0.25, 0.3) is 0 Å². The van der Waals surface area contributed by atoms with E-state index in [2.05, 4.69) is 18.7 Å². The number of thioether (sulfide) groups is 1. The van der Waals surface area contributed by atoms with Crippen molar-refractivity contribution >= 4 is 17.7 Å². The van der Waals surface area contributed by atoms with Crippen LogP contribution in [0.15, 0.2) is 0 Å². The van der Waals surface area contributed by atoms with E-state index in [4.69, 9.17) is 10.5 Å². The monoisotopic (exact) mass is 287 g/mol. The standard InChI is InChI=1S/C15H29NO2S/c1-12-7-6-8-13(11-12)19-10-5-4-9-15(2,16)14(17)18-3/h12-13H,4-11,16H2,1-3H3. The van der Waals surface area contributed by atoms with Crippen LogP contribution < -0.4 is 5.73 Å². The molecule has 3 nitrogen and oxygen atoms in total. The number of methoxy groups -OCH3 is 1. The molecule has 0 bridgehead atoms. The highest BCUT2D eigenvalue weighted by molar-refractivity contribution is 7.99. The summed E-state index contributed by atoms with van der Waals surface area (Å²) in [5.74, 6) is 1.79. The van der Waals surface area contributed by atoms with Crippen LogP contribution in [-0.2, 0) is 9.53 Å². The fraction of sp³-hybridized carbons (Fsp3) is 0.933. The smallest absolute Gasteiger partial charge is 0.325 e. The van der Waals surface area contributed by atoms with Crippen LogP contribution in [0.4, 0.5) is 0 Å². The highest BCUT2D eigenvalue weighted by atomic mass is 32.2. The Balaban J connectivity index is 2.09. The Labute approximate surface area is 122 Å². The quantitative estimate of drug-likeness (QED) is 0.576. The first-order chi connectivity index (χ1) is 8.95. The number of carbonyl (C=O) groups excluding carboxylic acids is 1. The predicted octanol–water partition coefficient (Wildman–Crippen LogP) is 3.36. The van der Waals surface area contributed by atoms with E-state index >= 15 is 0 Å². The van der Waals surface area contributed by atoms with Crippen molar-refractivity contribution in [2.75, 3.05) is 12.9 Å². The lowest BCUT2D eigenvalue weighted by Gasteiger charge is -2.26. The summed E-state index contributed by atoms with van der Waals surface area (Å²) in [5.41, 5.74) is 5.11. The van der Waals surface area contributed by atoms with E-state index in [0.717, 1.165) is 24.0 Å². The molecule has 4 heteroatoms. The molecule has 0 aliphatic heterocycles. The molecule has 0 heterocycles. The van der Waals surface area contributed by atoms with Crippen molar-refractivity contribution in [2.45, 2.75) is 69.6 Å². The lowest BCUT2D eigenvalue weighted by molar-refractivity contribution is -0.146. The second kappa shape index (κ2) is 8.15. The zero-order chi connectivity index (χ0) is 14.3. The third-order valence-electron chi connectivity index (χ3n) is 3.98. The summed E-state index contributed by atoms with van der Waals surface area (Å²) in [5, 5.41) is 0.855. The number of ether oxygens (including phenoxy) is 1. The fourth-order valence-electron chi connectivity index (χ4n) is 2.71. The zero-order valence-electron chi connectivity index (χ0n) is 12.6. The van der Waals surface area contributed by atoms with Gasteiger partial charge in [-0.15, -0.1) is 0 Å². The molecular formula is C15H29NO2S. The van der Waals surface area contributed by atoms with E-state index in [1.165, 1.54) is 38.5 Å². The molecule has 0 radical (unpaired) electrons. The highest BCUT2D eigenvalue weighted by Gasteiger charge is 2.28. The molecule has 1 aliphatic carbocycles. The van der Waals surface area contributed by atoms with Crippen molar-refractivity contribution in [3.05, 3.63) is 0 Å². The van der Waals surface area contributed by atoms with Crippen LogP contribution in [0.25, 0.3) is 0 Å². The Morgan fingerprint density at radius 1 is 1.42 bits per heavy atom. The Bertz CT molecular complexity index is 281. The number of esters is 1. The van der Waals surface area contributed by atoms with Crippen LogP contribution in [0.3, 0.4) is 0 Å². The summed E-state index contributed by atoms with van der Waals surface area (Å²) < 4.78 is 4.71. The van der Waals surface area contributed by atoms with Gasteiger partial charge in [-0.3, -0.25) is 4.79 Å². The minimum atomic E-state index is -0.821. The van der Waals surface area contributed by atoms with Crippen LogP contribution in [0.1, 0.15) is 58.8 Å². The van der Waals surface area contributed by atoms with Crippen LogP contribution >= 0.6 is 11.8 Å². The van der Waals surface area contributed by atoms with Gasteiger partial charge >= 0.3 is 5.97 Å². The molecule has 1 saturated carbocycles. The van der Waals surface area contributed by atoms with Gasteiger partial charge in [0.15, 0.2) is 0 Å². The summed E-state index contributed by atoms with van der Waals surface area (Å²) in [6, 6.07) is 0. The number of nitrogens with two attached hydrogens (primary N) is 1. The largest absolute Gasteiger partial charge is 0.468 e.